The summed E-state index contributed by atoms with van der Waals surface area (Å²) in [6.07, 6.45) is -4.82. The first-order valence-corrected chi connectivity index (χ1v) is 4.20. The highest BCUT2D eigenvalue weighted by Gasteiger charge is 2.37. The van der Waals surface area contributed by atoms with E-state index in [-0.39, 0.29) is 17.1 Å². The van der Waals surface area contributed by atoms with Gasteiger partial charge in [-0.15, -0.1) is 24.8 Å². The predicted octanol–water partition coefficient (Wildman–Crippen LogP) is 3.14. The van der Waals surface area contributed by atoms with Crippen molar-refractivity contribution in [2.75, 3.05) is 5.06 Å². The topological polar surface area (TPSA) is 23.5 Å². The van der Waals surface area contributed by atoms with Gasteiger partial charge in [-0.2, -0.15) is 5.06 Å². The van der Waals surface area contributed by atoms with Gasteiger partial charge in [0.2, 0.25) is 0 Å². The van der Waals surface area contributed by atoms with Gasteiger partial charge in [0.05, 0.1) is 5.69 Å². The minimum absolute atomic E-state index is 0.0939. The Morgan fingerprint density at radius 3 is 2.36 bits per heavy atom. The van der Waals surface area contributed by atoms with Crippen LogP contribution >= 0.6 is 11.6 Å². The van der Waals surface area contributed by atoms with Crippen molar-refractivity contribution in [3.63, 3.8) is 0 Å². The van der Waals surface area contributed by atoms with Gasteiger partial charge >= 0.3 is 6.30 Å². The first kappa shape index (κ1) is 11.1. The van der Waals surface area contributed by atoms with Crippen LogP contribution in [0, 0.1) is 0 Å². The van der Waals surface area contributed by atoms with Crippen LogP contribution in [0.5, 0.6) is 0 Å². The molecule has 1 aromatic carbocycles. The molecule has 1 N–H and O–H groups in total. The maximum atomic E-state index is 12.1. The fourth-order valence-corrected chi connectivity index (χ4v) is 1.19. The zero-order valence-electron chi connectivity index (χ0n) is 6.92. The van der Waals surface area contributed by atoms with Crippen molar-refractivity contribution in [1.29, 1.82) is 0 Å². The van der Waals surface area contributed by atoms with Crippen LogP contribution in [0.25, 0.3) is 0 Å². The average molecular weight is 226 g/mol. The van der Waals surface area contributed by atoms with E-state index in [2.05, 4.69) is 0 Å². The number of anilines is 1. The second-order valence-corrected chi connectivity index (χ2v) is 2.81. The molecule has 0 spiro atoms. The molecule has 1 rings (SSSR count). The van der Waals surface area contributed by atoms with Crippen molar-refractivity contribution in [1.82, 2.24) is 0 Å². The number of rotatable bonds is 2. The lowest BCUT2D eigenvalue weighted by Crippen LogP contribution is -2.35. The molecule has 0 radical (unpaired) electrons. The highest BCUT2D eigenvalue weighted by atomic mass is 35.5. The Labute approximate surface area is 83.5 Å². The van der Waals surface area contributed by atoms with Gasteiger partial charge in [-0.25, -0.2) is 0 Å². The van der Waals surface area contributed by atoms with Gasteiger partial charge in [-0.05, 0) is 11.6 Å². The third-order valence-electron chi connectivity index (χ3n) is 1.60. The van der Waals surface area contributed by atoms with Crippen LogP contribution in [0.3, 0.4) is 0 Å². The third kappa shape index (κ3) is 2.30. The van der Waals surface area contributed by atoms with E-state index < -0.39 is 11.4 Å². The standard InChI is InChI=1S/C8H7ClF3NO/c9-5-6-3-1-2-4-7(6)13(14)8(10,11)12/h1-4,14H,5H2. The molecule has 2 nitrogen and oxygen atoms in total. The number of hydrogen-bond donors (Lipinski definition) is 1. The number of halogens is 4. The molecule has 0 unspecified atom stereocenters. The smallest absolute Gasteiger partial charge is 0.281 e. The van der Waals surface area contributed by atoms with Crippen molar-refractivity contribution in [3.05, 3.63) is 29.8 Å². The van der Waals surface area contributed by atoms with Crippen LogP contribution in [-0.2, 0) is 5.88 Å². The van der Waals surface area contributed by atoms with Crippen molar-refractivity contribution >= 4 is 17.3 Å². The third-order valence-corrected chi connectivity index (χ3v) is 1.89. The maximum absolute atomic E-state index is 12.1. The van der Waals surface area contributed by atoms with E-state index in [0.29, 0.717) is 0 Å². The number of alkyl halides is 4. The number of hydrogen-bond acceptors (Lipinski definition) is 2. The van der Waals surface area contributed by atoms with Gasteiger partial charge in [-0.1, -0.05) is 18.2 Å². The summed E-state index contributed by atoms with van der Waals surface area (Å²) in [7, 11) is 0. The number of hydroxylamine groups is 1. The van der Waals surface area contributed by atoms with E-state index in [4.69, 9.17) is 16.8 Å². The molecule has 0 amide bonds. The zero-order chi connectivity index (χ0) is 10.8. The van der Waals surface area contributed by atoms with E-state index >= 15 is 0 Å². The summed E-state index contributed by atoms with van der Waals surface area (Å²) in [5, 5.41) is 8.07. The molecular formula is C8H7ClF3NO. The normalized spacial score (nSPS) is 11.5. The molecule has 0 aromatic heterocycles. The lowest BCUT2D eigenvalue weighted by atomic mass is 10.2. The number of nitrogens with zero attached hydrogens (tertiary/aromatic N) is 1. The second kappa shape index (κ2) is 4.06. The molecule has 0 aliphatic rings. The number of benzene rings is 1. The summed E-state index contributed by atoms with van der Waals surface area (Å²) in [5.74, 6) is -0.0939. The Balaban J connectivity index is 3.06. The van der Waals surface area contributed by atoms with Crippen LogP contribution < -0.4 is 5.06 Å². The Morgan fingerprint density at radius 1 is 1.29 bits per heavy atom. The molecule has 78 valence electrons. The predicted molar refractivity (Wildman–Crippen MR) is 46.3 cm³/mol. The second-order valence-electron chi connectivity index (χ2n) is 2.54. The van der Waals surface area contributed by atoms with E-state index in [9.17, 15) is 13.2 Å². The Morgan fingerprint density at radius 2 is 1.86 bits per heavy atom. The molecule has 0 saturated heterocycles. The van der Waals surface area contributed by atoms with Gasteiger partial charge in [0.1, 0.15) is 0 Å². The molecule has 14 heavy (non-hydrogen) atoms. The Hall–Kier alpha value is -0.940. The first-order valence-electron chi connectivity index (χ1n) is 3.66. The highest BCUT2D eigenvalue weighted by molar-refractivity contribution is 6.17. The maximum Gasteiger partial charge on any atom is 0.508 e. The molecule has 1 aromatic rings. The summed E-state index contributed by atoms with van der Waals surface area (Å²) in [6, 6.07) is 5.49. The molecule has 6 heteroatoms. The van der Waals surface area contributed by atoms with E-state index in [0.717, 1.165) is 6.07 Å². The van der Waals surface area contributed by atoms with Gasteiger partial charge in [0, 0.05) is 5.88 Å². The van der Waals surface area contributed by atoms with Gasteiger partial charge in [0.25, 0.3) is 0 Å². The van der Waals surface area contributed by atoms with E-state index in [1.54, 1.807) is 6.07 Å². The lowest BCUT2D eigenvalue weighted by molar-refractivity contribution is -0.176. The zero-order valence-corrected chi connectivity index (χ0v) is 7.68. The average Bonchev–Trinajstić information content (AvgIpc) is 2.15. The monoisotopic (exact) mass is 225 g/mol. The van der Waals surface area contributed by atoms with Crippen LogP contribution in [0.4, 0.5) is 18.9 Å². The summed E-state index contributed by atoms with van der Waals surface area (Å²) < 4.78 is 36.3. The van der Waals surface area contributed by atoms with E-state index in [1.165, 1.54) is 12.1 Å². The summed E-state index contributed by atoms with van der Waals surface area (Å²) in [4.78, 5) is 0. The highest BCUT2D eigenvalue weighted by Crippen LogP contribution is 2.29. The van der Waals surface area contributed by atoms with Crippen LogP contribution in [-0.4, -0.2) is 11.5 Å². The first-order chi connectivity index (χ1) is 6.46. The van der Waals surface area contributed by atoms with Crippen molar-refractivity contribution in [2.24, 2.45) is 0 Å². The molecule has 0 bridgehead atoms. The Bertz CT molecular complexity index is 316. The van der Waals surface area contributed by atoms with Gasteiger partial charge in [-0.3, -0.25) is 5.21 Å². The minimum atomic E-state index is -4.82. The molecule has 0 aliphatic carbocycles. The summed E-state index contributed by atoms with van der Waals surface area (Å²) >= 11 is 5.42. The van der Waals surface area contributed by atoms with E-state index in [1.807, 2.05) is 0 Å². The van der Waals surface area contributed by atoms with Crippen molar-refractivity contribution in [2.45, 2.75) is 12.2 Å². The molecular weight excluding hydrogens is 219 g/mol. The largest absolute Gasteiger partial charge is 0.508 e. The van der Waals surface area contributed by atoms with Gasteiger partial charge in [0.15, 0.2) is 0 Å². The van der Waals surface area contributed by atoms with Crippen LogP contribution in [0.15, 0.2) is 24.3 Å². The summed E-state index contributed by atoms with van der Waals surface area (Å²) in [6.45, 7) is 0. The quantitative estimate of drug-likeness (QED) is 0.475. The molecule has 0 atom stereocenters. The van der Waals surface area contributed by atoms with Crippen LogP contribution in [0.1, 0.15) is 5.56 Å². The van der Waals surface area contributed by atoms with Crippen molar-refractivity contribution < 1.29 is 18.4 Å². The fourth-order valence-electron chi connectivity index (χ4n) is 0.967. The summed E-state index contributed by atoms with van der Waals surface area (Å²) in [5.41, 5.74) is -0.135. The molecule has 0 heterocycles. The fraction of sp³-hybridized carbons (Fsp3) is 0.250. The molecule has 0 saturated carbocycles. The van der Waals surface area contributed by atoms with Crippen LogP contribution in [0.2, 0.25) is 0 Å². The van der Waals surface area contributed by atoms with Gasteiger partial charge < -0.3 is 0 Å². The SMILES string of the molecule is ON(c1ccccc1CCl)C(F)(F)F. The molecule has 0 fully saturated rings. The minimum Gasteiger partial charge on any atom is -0.281 e. The lowest BCUT2D eigenvalue weighted by Gasteiger charge is -2.21. The Kier molecular flexibility index (Phi) is 3.23. The van der Waals surface area contributed by atoms with Crippen molar-refractivity contribution in [3.8, 4) is 0 Å². The molecule has 0 aliphatic heterocycles. The number of para-hydroxylation sites is 1.